The van der Waals surface area contributed by atoms with Crippen LogP contribution in [0.1, 0.15) is 17.2 Å². The zero-order valence-corrected chi connectivity index (χ0v) is 17.5. The number of anilines is 1. The topological polar surface area (TPSA) is 95.1 Å². The zero-order chi connectivity index (χ0) is 20.2. The van der Waals surface area contributed by atoms with Crippen LogP contribution in [0, 0.1) is 0 Å². The number of hydrogen-bond acceptors (Lipinski definition) is 6. The van der Waals surface area contributed by atoms with Crippen LogP contribution in [0.5, 0.6) is 0 Å². The fourth-order valence-corrected chi connectivity index (χ4v) is 3.99. The molecule has 2 aliphatic rings. The lowest BCUT2D eigenvalue weighted by molar-refractivity contribution is 0.186. The molecule has 3 unspecified atom stereocenters. The van der Waals surface area contributed by atoms with Gasteiger partial charge >= 0.3 is 0 Å². The Bertz CT molecular complexity index is 989. The molecular weight excluding hydrogens is 404 g/mol. The van der Waals surface area contributed by atoms with Gasteiger partial charge in [-0.3, -0.25) is 15.1 Å². The summed E-state index contributed by atoms with van der Waals surface area (Å²) in [6, 6.07) is 15.9. The zero-order valence-electron chi connectivity index (χ0n) is 15.9. The van der Waals surface area contributed by atoms with Crippen LogP contribution < -0.4 is 15.3 Å². The fraction of sp³-hybridized carbons (Fsp3) is 0.200. The number of hydrogen-bond donors (Lipinski definition) is 3. The van der Waals surface area contributed by atoms with Crippen LogP contribution in [0.4, 0.5) is 5.69 Å². The van der Waals surface area contributed by atoms with E-state index in [9.17, 15) is 4.21 Å². The molecule has 7 nitrogen and oxygen atoms in total. The van der Waals surface area contributed by atoms with Gasteiger partial charge in [-0.2, -0.15) is 5.01 Å². The van der Waals surface area contributed by atoms with Gasteiger partial charge in [-0.05, 0) is 59.5 Å². The molecular formula is C20H22N6OS2. The van der Waals surface area contributed by atoms with E-state index in [2.05, 4.69) is 25.1 Å². The number of rotatable bonds is 6. The van der Waals surface area contributed by atoms with Crippen molar-refractivity contribution >= 4 is 40.7 Å². The third-order valence-electron chi connectivity index (χ3n) is 4.62. The normalized spacial score (nSPS) is 23.0. The summed E-state index contributed by atoms with van der Waals surface area (Å²) in [5, 5.41) is 7.63. The third-order valence-corrected chi connectivity index (χ3v) is 5.68. The lowest BCUT2D eigenvalue weighted by Crippen LogP contribution is -2.48. The van der Waals surface area contributed by atoms with Crippen molar-refractivity contribution in [3.63, 3.8) is 0 Å². The number of fused-ring (bicyclic) bond motifs is 1. The second kappa shape index (κ2) is 8.91. The maximum absolute atomic E-state index is 11.5. The van der Waals surface area contributed by atoms with Crippen LogP contribution in [0.15, 0.2) is 75.6 Å². The van der Waals surface area contributed by atoms with Crippen molar-refractivity contribution in [3.05, 3.63) is 71.8 Å². The Balaban J connectivity index is 1.47. The molecule has 0 saturated carbocycles. The van der Waals surface area contributed by atoms with Crippen LogP contribution in [0.25, 0.3) is 0 Å². The van der Waals surface area contributed by atoms with Crippen molar-refractivity contribution in [3.8, 4) is 0 Å². The lowest BCUT2D eigenvalue weighted by atomic mass is 10.1. The summed E-state index contributed by atoms with van der Waals surface area (Å²) in [6.07, 6.45) is 7.46. The Labute approximate surface area is 176 Å². The van der Waals surface area contributed by atoms with Crippen LogP contribution in [0.2, 0.25) is 0 Å². The molecule has 0 radical (unpaired) electrons. The summed E-state index contributed by atoms with van der Waals surface area (Å²) in [5.41, 5.74) is 6.38. The maximum atomic E-state index is 11.5. The molecule has 0 aromatic heterocycles. The molecule has 4 N–H and O–H groups in total. The minimum absolute atomic E-state index is 0.0388. The van der Waals surface area contributed by atoms with Gasteiger partial charge in [0.25, 0.3) is 0 Å². The van der Waals surface area contributed by atoms with Gasteiger partial charge in [0.2, 0.25) is 0 Å². The highest BCUT2D eigenvalue weighted by atomic mass is 32.2. The molecule has 0 saturated heterocycles. The molecule has 2 aromatic rings. The first kappa shape index (κ1) is 19.8. The molecule has 0 spiro atoms. The largest absolute Gasteiger partial charge is 0.305 e. The molecule has 9 heteroatoms. The Morgan fingerprint density at radius 1 is 1.31 bits per heavy atom. The summed E-state index contributed by atoms with van der Waals surface area (Å²) in [4.78, 5) is 10.3. The number of hydrazine groups is 1. The van der Waals surface area contributed by atoms with Gasteiger partial charge in [-0.25, -0.2) is 4.21 Å². The fourth-order valence-electron chi connectivity index (χ4n) is 3.24. The highest BCUT2D eigenvalue weighted by Gasteiger charge is 2.32. The summed E-state index contributed by atoms with van der Waals surface area (Å²) in [7, 11) is -1.11. The first-order valence-corrected chi connectivity index (χ1v) is 11.5. The second-order valence-electron chi connectivity index (χ2n) is 6.68. The van der Waals surface area contributed by atoms with Crippen LogP contribution in [0.3, 0.4) is 0 Å². The molecule has 0 aliphatic carbocycles. The molecule has 150 valence electrons. The van der Waals surface area contributed by atoms with E-state index in [4.69, 9.17) is 5.14 Å². The molecule has 3 atom stereocenters. The molecule has 29 heavy (non-hydrogen) atoms. The Kier molecular flexibility index (Phi) is 6.10. The number of aliphatic imine (C=N–C) groups is 2. The standard InChI is InChI=1S/C20H22N6OS2/c1-29(27)25-16-4-2-3-15(11-16)18-13-23-20-10-9-19(24-26(18)20)22-12-14-5-7-17(28-21)8-6-14/h2-11,13,18,20,25H,12,21H2,1H3,(H,22,24). The highest BCUT2D eigenvalue weighted by Crippen LogP contribution is 2.29. The van der Waals surface area contributed by atoms with E-state index >= 15 is 0 Å². The van der Waals surface area contributed by atoms with E-state index in [0.29, 0.717) is 6.54 Å². The number of nitrogens with zero attached hydrogens (tertiary/aromatic N) is 3. The van der Waals surface area contributed by atoms with Gasteiger partial charge < -0.3 is 10.1 Å². The van der Waals surface area contributed by atoms with E-state index < -0.39 is 11.0 Å². The summed E-state index contributed by atoms with van der Waals surface area (Å²) >= 11 is 1.23. The number of amidine groups is 1. The quantitative estimate of drug-likeness (QED) is 0.618. The van der Waals surface area contributed by atoms with Crippen LogP contribution in [-0.2, 0) is 17.5 Å². The van der Waals surface area contributed by atoms with Crippen molar-refractivity contribution in [2.45, 2.75) is 23.6 Å². The summed E-state index contributed by atoms with van der Waals surface area (Å²) in [6.45, 7) is 0.577. The van der Waals surface area contributed by atoms with Gasteiger partial charge in [-0.1, -0.05) is 24.3 Å². The molecule has 2 aromatic carbocycles. The summed E-state index contributed by atoms with van der Waals surface area (Å²) < 4.78 is 14.4. The minimum atomic E-state index is -1.11. The Morgan fingerprint density at radius 3 is 2.90 bits per heavy atom. The number of benzene rings is 2. The molecule has 0 amide bonds. The molecule has 2 aliphatic heterocycles. The van der Waals surface area contributed by atoms with Gasteiger partial charge in [0, 0.05) is 23.1 Å². The molecule has 4 rings (SSSR count). The first-order valence-electron chi connectivity index (χ1n) is 9.09. The lowest BCUT2D eigenvalue weighted by Gasteiger charge is -2.31. The van der Waals surface area contributed by atoms with E-state index in [-0.39, 0.29) is 12.2 Å². The van der Waals surface area contributed by atoms with Crippen molar-refractivity contribution < 1.29 is 4.21 Å². The average molecular weight is 427 g/mol. The van der Waals surface area contributed by atoms with Gasteiger partial charge in [0.15, 0.2) is 0 Å². The maximum Gasteiger partial charge on any atom is 0.138 e. The first-order chi connectivity index (χ1) is 14.1. The monoisotopic (exact) mass is 426 g/mol. The SMILES string of the molecule is CS(=O)Nc1cccc(C2C=NC3C=CC(=NCc4ccc(SN)cc4)NN32)c1. The van der Waals surface area contributed by atoms with Crippen LogP contribution in [-0.4, -0.2) is 33.7 Å². The van der Waals surface area contributed by atoms with Crippen molar-refractivity contribution in [2.24, 2.45) is 15.1 Å². The van der Waals surface area contributed by atoms with Gasteiger partial charge in [0.1, 0.15) is 23.0 Å². The predicted octanol–water partition coefficient (Wildman–Crippen LogP) is 2.78. The average Bonchev–Trinajstić information content (AvgIpc) is 3.15. The van der Waals surface area contributed by atoms with E-state index in [0.717, 1.165) is 27.5 Å². The number of nitrogens with one attached hydrogen (secondary N) is 2. The molecule has 2 heterocycles. The predicted molar refractivity (Wildman–Crippen MR) is 121 cm³/mol. The minimum Gasteiger partial charge on any atom is -0.305 e. The van der Waals surface area contributed by atoms with E-state index in [1.165, 1.54) is 11.9 Å². The van der Waals surface area contributed by atoms with E-state index in [1.807, 2.05) is 66.9 Å². The van der Waals surface area contributed by atoms with Crippen LogP contribution >= 0.6 is 11.9 Å². The highest BCUT2D eigenvalue weighted by molar-refractivity contribution is 7.97. The third kappa shape index (κ3) is 4.76. The molecule has 0 bridgehead atoms. The van der Waals surface area contributed by atoms with Gasteiger partial charge in [0.05, 0.1) is 12.6 Å². The Hall–Kier alpha value is -2.46. The van der Waals surface area contributed by atoms with E-state index in [1.54, 1.807) is 6.26 Å². The van der Waals surface area contributed by atoms with Crippen molar-refractivity contribution in [1.29, 1.82) is 0 Å². The molecule has 0 fully saturated rings. The Morgan fingerprint density at radius 2 is 2.14 bits per heavy atom. The van der Waals surface area contributed by atoms with Crippen molar-refractivity contribution in [2.75, 3.05) is 11.0 Å². The van der Waals surface area contributed by atoms with Gasteiger partial charge in [-0.15, -0.1) is 0 Å². The second-order valence-corrected chi connectivity index (χ2v) is 8.50. The smallest absolute Gasteiger partial charge is 0.138 e. The number of nitrogens with two attached hydrogens (primary N) is 1. The summed E-state index contributed by atoms with van der Waals surface area (Å²) in [5.74, 6) is 0.790. The van der Waals surface area contributed by atoms with Crippen molar-refractivity contribution in [1.82, 2.24) is 10.4 Å².